The number of carbonyl (C=O) groups is 1. The molecule has 0 spiro atoms. The number of aromatic amines is 1. The van der Waals surface area contributed by atoms with E-state index < -0.39 is 0 Å². The van der Waals surface area contributed by atoms with Crippen molar-refractivity contribution in [3.05, 3.63) is 62.5 Å². The topological polar surface area (TPSA) is 81.8 Å². The maximum atomic E-state index is 13.5. The number of fused-ring (bicyclic) bond motifs is 1. The Morgan fingerprint density at radius 2 is 1.79 bits per heavy atom. The Bertz CT molecular complexity index is 1210. The lowest BCUT2D eigenvalue weighted by Crippen LogP contribution is -2.53. The summed E-state index contributed by atoms with van der Waals surface area (Å²) in [6, 6.07) is 9.79. The number of morpholine rings is 1. The van der Waals surface area contributed by atoms with E-state index in [4.69, 9.17) is 9.72 Å². The maximum absolute atomic E-state index is 13.5. The van der Waals surface area contributed by atoms with Gasteiger partial charge in [0.15, 0.2) is 0 Å². The molecule has 5 rings (SSSR count). The average Bonchev–Trinajstić information content (AvgIpc) is 3.15. The first-order valence-electron chi connectivity index (χ1n) is 11.9. The maximum Gasteiger partial charge on any atom is 0.259 e. The van der Waals surface area contributed by atoms with Gasteiger partial charge in [-0.05, 0) is 25.0 Å². The van der Waals surface area contributed by atoms with Crippen LogP contribution in [0.15, 0.2) is 35.1 Å². The van der Waals surface area contributed by atoms with Crippen LogP contribution in [-0.4, -0.2) is 83.1 Å². The van der Waals surface area contributed by atoms with Gasteiger partial charge >= 0.3 is 0 Å². The van der Waals surface area contributed by atoms with E-state index in [9.17, 15) is 9.59 Å². The number of nitrogens with one attached hydrogen (secondary N) is 1. The predicted octanol–water partition coefficient (Wildman–Crippen LogP) is 2.32. The number of piperazine rings is 1. The van der Waals surface area contributed by atoms with Gasteiger partial charge in [-0.15, -0.1) is 11.3 Å². The number of hydrogen-bond acceptors (Lipinski definition) is 7. The van der Waals surface area contributed by atoms with E-state index in [-0.39, 0.29) is 17.5 Å². The standard InChI is InChI=1S/C25H31N5O3S/c1-17-18(2)34-24-21(17)23(31)26-20(27-24)16-28-8-10-29(11-9-28)22(19-6-4-3-5-7-19)25(32)30-12-14-33-15-13-30/h3-7,22H,8-16H2,1-2H3,(H,26,27,31)/t22-/m1/s1. The molecular formula is C25H31N5O3S. The third-order valence-corrected chi connectivity index (χ3v) is 8.01. The van der Waals surface area contributed by atoms with E-state index in [2.05, 4.69) is 14.8 Å². The van der Waals surface area contributed by atoms with Gasteiger partial charge in [0.1, 0.15) is 16.7 Å². The number of carbonyl (C=O) groups excluding carboxylic acids is 1. The van der Waals surface area contributed by atoms with Gasteiger partial charge in [-0.3, -0.25) is 19.4 Å². The minimum atomic E-state index is -0.284. The zero-order valence-electron chi connectivity index (χ0n) is 19.7. The second kappa shape index (κ2) is 9.95. The van der Waals surface area contributed by atoms with Crippen molar-refractivity contribution in [1.29, 1.82) is 0 Å². The molecule has 1 atom stereocenters. The van der Waals surface area contributed by atoms with Crippen molar-refractivity contribution >= 4 is 27.5 Å². The third kappa shape index (κ3) is 4.65. The minimum absolute atomic E-state index is 0.0549. The van der Waals surface area contributed by atoms with Crippen molar-refractivity contribution in [2.75, 3.05) is 52.5 Å². The number of rotatable bonds is 5. The van der Waals surface area contributed by atoms with Crippen LogP contribution in [0.3, 0.4) is 0 Å². The van der Waals surface area contributed by atoms with E-state index in [1.807, 2.05) is 49.1 Å². The molecule has 8 nitrogen and oxygen atoms in total. The lowest BCUT2D eigenvalue weighted by Gasteiger charge is -2.40. The van der Waals surface area contributed by atoms with Gasteiger partial charge < -0.3 is 14.6 Å². The Morgan fingerprint density at radius 1 is 1.09 bits per heavy atom. The first-order chi connectivity index (χ1) is 16.5. The molecule has 1 aromatic carbocycles. The predicted molar refractivity (Wildman–Crippen MR) is 133 cm³/mol. The summed E-state index contributed by atoms with van der Waals surface area (Å²) in [5.74, 6) is 0.860. The fraction of sp³-hybridized carbons (Fsp3) is 0.480. The molecule has 0 radical (unpaired) electrons. The van der Waals surface area contributed by atoms with Gasteiger partial charge in [0.25, 0.3) is 5.56 Å². The van der Waals surface area contributed by atoms with E-state index in [1.54, 1.807) is 11.3 Å². The molecule has 0 unspecified atom stereocenters. The molecule has 9 heteroatoms. The number of nitrogens with zero attached hydrogens (tertiary/aromatic N) is 4. The fourth-order valence-electron chi connectivity index (χ4n) is 4.87. The lowest BCUT2D eigenvalue weighted by molar-refractivity contribution is -0.142. The largest absolute Gasteiger partial charge is 0.378 e. The Morgan fingerprint density at radius 3 is 2.50 bits per heavy atom. The van der Waals surface area contributed by atoms with Gasteiger partial charge in [0.05, 0.1) is 25.1 Å². The Labute approximate surface area is 203 Å². The summed E-state index contributed by atoms with van der Waals surface area (Å²) < 4.78 is 5.45. The zero-order valence-corrected chi connectivity index (χ0v) is 20.6. The van der Waals surface area contributed by atoms with Crippen molar-refractivity contribution in [1.82, 2.24) is 24.7 Å². The van der Waals surface area contributed by atoms with Crippen molar-refractivity contribution < 1.29 is 9.53 Å². The van der Waals surface area contributed by atoms with Crippen molar-refractivity contribution in [2.45, 2.75) is 26.4 Å². The van der Waals surface area contributed by atoms with Crippen LogP contribution in [0.2, 0.25) is 0 Å². The minimum Gasteiger partial charge on any atom is -0.378 e. The summed E-state index contributed by atoms with van der Waals surface area (Å²) in [6.45, 7) is 10.3. The van der Waals surface area contributed by atoms with Crippen LogP contribution in [0.4, 0.5) is 0 Å². The van der Waals surface area contributed by atoms with Gasteiger partial charge in [0.2, 0.25) is 5.91 Å². The summed E-state index contributed by atoms with van der Waals surface area (Å²) >= 11 is 1.58. The number of thiophene rings is 1. The number of hydrogen-bond donors (Lipinski definition) is 1. The number of ether oxygens (including phenoxy) is 1. The fourth-order valence-corrected chi connectivity index (χ4v) is 5.92. The van der Waals surface area contributed by atoms with Crippen molar-refractivity contribution in [3.63, 3.8) is 0 Å². The Kier molecular flexibility index (Phi) is 6.78. The summed E-state index contributed by atoms with van der Waals surface area (Å²) in [5.41, 5.74) is 2.00. The van der Waals surface area contributed by atoms with E-state index >= 15 is 0 Å². The molecule has 4 heterocycles. The third-order valence-electron chi connectivity index (χ3n) is 6.91. The van der Waals surface area contributed by atoms with Crippen LogP contribution in [0.25, 0.3) is 10.2 Å². The van der Waals surface area contributed by atoms with E-state index in [1.165, 1.54) is 0 Å². The average molecular weight is 482 g/mol. The Hall–Kier alpha value is -2.59. The molecule has 34 heavy (non-hydrogen) atoms. The quantitative estimate of drug-likeness (QED) is 0.602. The van der Waals surface area contributed by atoms with Crippen LogP contribution in [0, 0.1) is 13.8 Å². The number of H-pyrrole nitrogens is 1. The number of benzene rings is 1. The molecule has 2 aromatic heterocycles. The lowest BCUT2D eigenvalue weighted by atomic mass is 10.0. The van der Waals surface area contributed by atoms with E-state index in [0.29, 0.717) is 44.1 Å². The first kappa shape index (κ1) is 23.2. The second-order valence-corrected chi connectivity index (χ2v) is 10.2. The molecule has 3 aromatic rings. The number of aryl methyl sites for hydroxylation is 2. The van der Waals surface area contributed by atoms with Crippen molar-refractivity contribution in [2.24, 2.45) is 0 Å². The molecule has 0 aliphatic carbocycles. The van der Waals surface area contributed by atoms with Gasteiger partial charge in [-0.2, -0.15) is 0 Å². The molecule has 2 aliphatic heterocycles. The van der Waals surface area contributed by atoms with Crippen LogP contribution in [-0.2, 0) is 16.1 Å². The second-order valence-electron chi connectivity index (χ2n) is 9.04. The molecule has 0 bridgehead atoms. The SMILES string of the molecule is Cc1sc2nc(CN3CCN([C@@H](C(=O)N4CCOCC4)c4ccccc4)CC3)[nH]c(=O)c2c1C. The summed E-state index contributed by atoms with van der Waals surface area (Å²) in [6.07, 6.45) is 0. The molecule has 1 amide bonds. The molecular weight excluding hydrogens is 450 g/mol. The van der Waals surface area contributed by atoms with Crippen LogP contribution in [0.1, 0.15) is 27.9 Å². The zero-order chi connectivity index (χ0) is 23.7. The summed E-state index contributed by atoms with van der Waals surface area (Å²) in [4.78, 5) is 42.4. The van der Waals surface area contributed by atoms with E-state index in [0.717, 1.165) is 47.0 Å². The summed E-state index contributed by atoms with van der Waals surface area (Å²) in [7, 11) is 0. The molecule has 0 saturated carbocycles. The number of aromatic nitrogens is 2. The highest BCUT2D eigenvalue weighted by Crippen LogP contribution is 2.27. The van der Waals surface area contributed by atoms with Crippen LogP contribution < -0.4 is 5.56 Å². The monoisotopic (exact) mass is 481 g/mol. The summed E-state index contributed by atoms with van der Waals surface area (Å²) in [5, 5.41) is 0.711. The highest BCUT2D eigenvalue weighted by molar-refractivity contribution is 7.18. The van der Waals surface area contributed by atoms with Gasteiger partial charge in [-0.1, -0.05) is 30.3 Å². The van der Waals surface area contributed by atoms with Gasteiger partial charge in [0, 0.05) is 44.1 Å². The highest BCUT2D eigenvalue weighted by atomic mass is 32.1. The first-order valence-corrected chi connectivity index (χ1v) is 12.7. The highest BCUT2D eigenvalue weighted by Gasteiger charge is 2.34. The van der Waals surface area contributed by atoms with Crippen molar-refractivity contribution in [3.8, 4) is 0 Å². The van der Waals surface area contributed by atoms with Gasteiger partial charge in [-0.25, -0.2) is 4.98 Å². The smallest absolute Gasteiger partial charge is 0.259 e. The molecule has 2 fully saturated rings. The molecule has 2 aliphatic rings. The molecule has 1 N–H and O–H groups in total. The molecule has 2 saturated heterocycles. The number of amides is 1. The Balaban J connectivity index is 1.29. The van der Waals surface area contributed by atoms with Crippen LogP contribution >= 0.6 is 11.3 Å². The molecule has 180 valence electrons. The van der Waals surface area contributed by atoms with Crippen LogP contribution in [0.5, 0.6) is 0 Å². The normalized spacial score (nSPS) is 18.9.